The van der Waals surface area contributed by atoms with Crippen molar-refractivity contribution < 1.29 is 13.3 Å². The highest BCUT2D eigenvalue weighted by atomic mass is 32.2. The predicted molar refractivity (Wildman–Crippen MR) is 97.4 cm³/mol. The van der Waals surface area contributed by atoms with Crippen LogP contribution in [0.2, 0.25) is 0 Å². The average molecular weight is 378 g/mol. The summed E-state index contributed by atoms with van der Waals surface area (Å²) in [5.74, 6) is 0.817. The van der Waals surface area contributed by atoms with Crippen LogP contribution in [0.4, 0.5) is 5.69 Å². The zero-order valence-corrected chi connectivity index (χ0v) is 15.5. The van der Waals surface area contributed by atoms with Gasteiger partial charge in [-0.2, -0.15) is 0 Å². The molecule has 0 unspecified atom stereocenters. The first-order valence-electron chi connectivity index (χ1n) is 7.79. The first-order chi connectivity index (χ1) is 11.8. The molecule has 0 saturated carbocycles. The summed E-state index contributed by atoms with van der Waals surface area (Å²) in [6.45, 7) is 3.34. The van der Waals surface area contributed by atoms with Crippen molar-refractivity contribution in [2.45, 2.75) is 36.1 Å². The van der Waals surface area contributed by atoms with Gasteiger partial charge in [-0.25, -0.2) is 13.1 Å². The summed E-state index contributed by atoms with van der Waals surface area (Å²) in [7, 11) is -3.88. The Morgan fingerprint density at radius 1 is 1.24 bits per heavy atom. The number of thioether (sulfide) groups is 1. The van der Waals surface area contributed by atoms with Gasteiger partial charge in [0.2, 0.25) is 10.0 Å². The minimum absolute atomic E-state index is 0.0325. The van der Waals surface area contributed by atoms with Crippen LogP contribution in [-0.2, 0) is 10.0 Å². The molecule has 0 radical (unpaired) electrons. The number of nitro groups is 1. The van der Waals surface area contributed by atoms with Crippen LogP contribution in [0.15, 0.2) is 46.2 Å². The second-order valence-electron chi connectivity index (χ2n) is 5.99. The normalized spacial score (nSPS) is 17.1. The molecule has 0 aliphatic carbocycles. The van der Waals surface area contributed by atoms with E-state index in [9.17, 15) is 18.5 Å². The minimum Gasteiger partial charge on any atom is -0.258 e. The first kappa shape index (κ1) is 17.9. The van der Waals surface area contributed by atoms with Gasteiger partial charge < -0.3 is 0 Å². The highest BCUT2D eigenvalue weighted by Crippen LogP contribution is 2.37. The van der Waals surface area contributed by atoms with E-state index in [0.29, 0.717) is 17.5 Å². The molecule has 132 valence electrons. The number of nitrogens with one attached hydrogen (secondary N) is 1. The fraction of sp³-hybridized carbons (Fsp3) is 0.294. The number of hydrogen-bond acceptors (Lipinski definition) is 5. The van der Waals surface area contributed by atoms with Crippen molar-refractivity contribution >= 4 is 27.5 Å². The van der Waals surface area contributed by atoms with Gasteiger partial charge in [-0.05, 0) is 48.8 Å². The number of benzene rings is 2. The second kappa shape index (κ2) is 6.78. The molecule has 3 rings (SSSR count). The molecule has 1 N–H and O–H groups in total. The quantitative estimate of drug-likeness (QED) is 0.647. The van der Waals surface area contributed by atoms with Crippen molar-refractivity contribution in [3.8, 4) is 0 Å². The van der Waals surface area contributed by atoms with Crippen LogP contribution in [0.3, 0.4) is 0 Å². The Balaban J connectivity index is 2.00. The molecule has 1 aliphatic heterocycles. The summed E-state index contributed by atoms with van der Waals surface area (Å²) in [6.07, 6.45) is 0.674. The van der Waals surface area contributed by atoms with Gasteiger partial charge in [-0.1, -0.05) is 18.2 Å². The van der Waals surface area contributed by atoms with Gasteiger partial charge >= 0.3 is 0 Å². The molecule has 1 atom stereocenters. The molecule has 0 amide bonds. The Hall–Kier alpha value is -1.90. The summed E-state index contributed by atoms with van der Waals surface area (Å²) in [5.41, 5.74) is 1.83. The van der Waals surface area contributed by atoms with Crippen LogP contribution >= 0.6 is 11.8 Å². The molecule has 0 bridgehead atoms. The second-order valence-corrected chi connectivity index (χ2v) is 8.81. The Labute approximate surface area is 150 Å². The van der Waals surface area contributed by atoms with E-state index in [1.807, 2.05) is 24.3 Å². The molecule has 0 spiro atoms. The maximum Gasteiger partial charge on any atom is 0.271 e. The van der Waals surface area contributed by atoms with E-state index in [2.05, 4.69) is 4.72 Å². The van der Waals surface area contributed by atoms with E-state index in [4.69, 9.17) is 0 Å². The van der Waals surface area contributed by atoms with Crippen LogP contribution in [0, 0.1) is 24.0 Å². The fourth-order valence-corrected chi connectivity index (χ4v) is 5.62. The van der Waals surface area contributed by atoms with Gasteiger partial charge in [-0.15, -0.1) is 11.8 Å². The monoisotopic (exact) mass is 378 g/mol. The SMILES string of the molecule is Cc1cc([N+](=O)[O-])cc(S(=O)(=O)N[C@H]2CCSc3ccccc32)c1C. The Morgan fingerprint density at radius 3 is 2.68 bits per heavy atom. The van der Waals surface area contributed by atoms with Gasteiger partial charge in [0.1, 0.15) is 0 Å². The molecule has 0 saturated heterocycles. The zero-order chi connectivity index (χ0) is 18.2. The standard InChI is InChI=1S/C17H18N2O4S2/c1-11-9-13(19(20)21)10-17(12(11)2)25(22,23)18-15-7-8-24-16-6-4-3-5-14(15)16/h3-6,9-10,15,18H,7-8H2,1-2H3/t15-/m0/s1. The summed E-state index contributed by atoms with van der Waals surface area (Å²) in [6, 6.07) is 9.89. The Morgan fingerprint density at radius 2 is 1.96 bits per heavy atom. The summed E-state index contributed by atoms with van der Waals surface area (Å²) >= 11 is 1.70. The summed E-state index contributed by atoms with van der Waals surface area (Å²) in [5, 5.41) is 11.1. The molecule has 2 aromatic rings. The number of hydrogen-bond donors (Lipinski definition) is 1. The number of rotatable bonds is 4. The topological polar surface area (TPSA) is 89.3 Å². The Kier molecular flexibility index (Phi) is 4.86. The molecule has 2 aromatic carbocycles. The number of aryl methyl sites for hydroxylation is 1. The van der Waals surface area contributed by atoms with Gasteiger partial charge in [0.05, 0.1) is 9.82 Å². The lowest BCUT2D eigenvalue weighted by atomic mass is 10.1. The van der Waals surface area contributed by atoms with Crippen LogP contribution in [-0.4, -0.2) is 19.1 Å². The van der Waals surface area contributed by atoms with Crippen LogP contribution in [0.5, 0.6) is 0 Å². The third kappa shape index (κ3) is 3.56. The molecule has 0 fully saturated rings. The molecule has 1 aliphatic rings. The zero-order valence-electron chi connectivity index (χ0n) is 13.9. The van der Waals surface area contributed by atoms with E-state index >= 15 is 0 Å². The highest BCUT2D eigenvalue weighted by Gasteiger charge is 2.28. The van der Waals surface area contributed by atoms with E-state index in [1.54, 1.807) is 25.6 Å². The van der Waals surface area contributed by atoms with Crippen LogP contribution in [0.1, 0.15) is 29.2 Å². The van der Waals surface area contributed by atoms with Gasteiger partial charge in [0, 0.05) is 23.1 Å². The average Bonchev–Trinajstić information content (AvgIpc) is 2.57. The maximum atomic E-state index is 12.9. The molecule has 0 aromatic heterocycles. The van der Waals surface area contributed by atoms with Crippen molar-refractivity contribution in [2.75, 3.05) is 5.75 Å². The van der Waals surface area contributed by atoms with E-state index in [1.165, 1.54) is 6.07 Å². The van der Waals surface area contributed by atoms with Crippen molar-refractivity contribution in [2.24, 2.45) is 0 Å². The molecular weight excluding hydrogens is 360 g/mol. The maximum absolute atomic E-state index is 12.9. The lowest BCUT2D eigenvalue weighted by molar-refractivity contribution is -0.385. The number of nitrogens with zero attached hydrogens (tertiary/aromatic N) is 1. The predicted octanol–water partition coefficient (Wildman–Crippen LogP) is 3.73. The molecule has 25 heavy (non-hydrogen) atoms. The molecular formula is C17H18N2O4S2. The number of nitro benzene ring substituents is 1. The first-order valence-corrected chi connectivity index (χ1v) is 10.3. The third-order valence-corrected chi connectivity index (χ3v) is 7.08. The molecule has 6 nitrogen and oxygen atoms in total. The molecule has 8 heteroatoms. The number of fused-ring (bicyclic) bond motifs is 1. The minimum atomic E-state index is -3.88. The Bertz CT molecular complexity index is 942. The van der Waals surface area contributed by atoms with Gasteiger partial charge in [0.25, 0.3) is 5.69 Å². The fourth-order valence-electron chi connectivity index (χ4n) is 2.91. The van der Waals surface area contributed by atoms with E-state index < -0.39 is 14.9 Å². The summed E-state index contributed by atoms with van der Waals surface area (Å²) in [4.78, 5) is 11.5. The molecule has 1 heterocycles. The van der Waals surface area contributed by atoms with Crippen LogP contribution in [0.25, 0.3) is 0 Å². The lowest BCUT2D eigenvalue weighted by Crippen LogP contribution is -2.31. The summed E-state index contributed by atoms with van der Waals surface area (Å²) < 4.78 is 28.6. The van der Waals surface area contributed by atoms with E-state index in [-0.39, 0.29) is 16.6 Å². The van der Waals surface area contributed by atoms with Crippen molar-refractivity contribution in [1.82, 2.24) is 4.72 Å². The van der Waals surface area contributed by atoms with Gasteiger partial charge in [0.15, 0.2) is 0 Å². The van der Waals surface area contributed by atoms with E-state index in [0.717, 1.165) is 22.3 Å². The smallest absolute Gasteiger partial charge is 0.258 e. The van der Waals surface area contributed by atoms with Crippen molar-refractivity contribution in [1.29, 1.82) is 0 Å². The van der Waals surface area contributed by atoms with Crippen molar-refractivity contribution in [3.63, 3.8) is 0 Å². The highest BCUT2D eigenvalue weighted by molar-refractivity contribution is 7.99. The van der Waals surface area contributed by atoms with Gasteiger partial charge in [-0.3, -0.25) is 10.1 Å². The number of sulfonamides is 1. The largest absolute Gasteiger partial charge is 0.271 e. The third-order valence-electron chi connectivity index (χ3n) is 4.36. The lowest BCUT2D eigenvalue weighted by Gasteiger charge is -2.26. The van der Waals surface area contributed by atoms with Crippen molar-refractivity contribution in [3.05, 3.63) is 63.2 Å². The van der Waals surface area contributed by atoms with Crippen LogP contribution < -0.4 is 4.72 Å². The number of non-ortho nitro benzene ring substituents is 1.